The minimum Gasteiger partial charge on any atom is -0.341 e. The number of carbonyl (C=O) groups excluding carboxylic acids is 2. The summed E-state index contributed by atoms with van der Waals surface area (Å²) in [5, 5.41) is 0.617. The summed E-state index contributed by atoms with van der Waals surface area (Å²) in [5.74, 6) is 0.0579. The van der Waals surface area contributed by atoms with Gasteiger partial charge in [-0.25, -0.2) is 0 Å². The molecule has 2 aliphatic rings. The fourth-order valence-corrected chi connectivity index (χ4v) is 4.23. The molecule has 1 saturated heterocycles. The number of carbonyl (C=O) groups is 2. The number of halogens is 1. The van der Waals surface area contributed by atoms with Crippen molar-refractivity contribution < 1.29 is 9.59 Å². The van der Waals surface area contributed by atoms with Crippen molar-refractivity contribution in [1.82, 2.24) is 9.80 Å². The number of hydrogen-bond acceptors (Lipinski definition) is 3. The molecule has 1 saturated carbocycles. The Morgan fingerprint density at radius 2 is 1.69 bits per heavy atom. The average molecular weight is 378 g/mol. The van der Waals surface area contributed by atoms with Gasteiger partial charge in [-0.2, -0.15) is 0 Å². The molecule has 0 radical (unpaired) electrons. The molecule has 2 atom stereocenters. The topological polar surface area (TPSA) is 66.6 Å². The fraction of sp³-hybridized carbons (Fsp3) is 0.600. The molecular formula is C20H28ClN3O2. The monoisotopic (exact) mass is 377 g/mol. The minimum atomic E-state index is -0.416. The van der Waals surface area contributed by atoms with E-state index in [9.17, 15) is 9.59 Å². The molecule has 0 spiro atoms. The Morgan fingerprint density at radius 1 is 1.04 bits per heavy atom. The van der Waals surface area contributed by atoms with Crippen LogP contribution in [0.25, 0.3) is 0 Å². The van der Waals surface area contributed by atoms with E-state index in [2.05, 4.69) is 0 Å². The van der Waals surface area contributed by atoms with Crippen molar-refractivity contribution in [2.24, 2.45) is 11.7 Å². The maximum Gasteiger partial charge on any atom is 0.253 e. The molecule has 1 aliphatic heterocycles. The number of benzene rings is 1. The lowest BCUT2D eigenvalue weighted by Gasteiger charge is -2.39. The Kier molecular flexibility index (Phi) is 5.88. The van der Waals surface area contributed by atoms with Crippen molar-refractivity contribution in [1.29, 1.82) is 0 Å². The first-order chi connectivity index (χ1) is 12.4. The third kappa shape index (κ3) is 4.21. The predicted molar refractivity (Wildman–Crippen MR) is 103 cm³/mol. The molecule has 3 rings (SSSR count). The highest BCUT2D eigenvalue weighted by Gasteiger charge is 2.40. The van der Waals surface area contributed by atoms with E-state index in [-0.39, 0.29) is 17.7 Å². The van der Waals surface area contributed by atoms with Gasteiger partial charge in [-0.1, -0.05) is 24.4 Å². The number of rotatable bonds is 2. The third-order valence-electron chi connectivity index (χ3n) is 5.74. The molecule has 2 N–H and O–H groups in total. The molecule has 2 unspecified atom stereocenters. The van der Waals surface area contributed by atoms with Crippen LogP contribution in [0, 0.1) is 5.92 Å². The van der Waals surface area contributed by atoms with Crippen molar-refractivity contribution in [3.8, 4) is 0 Å². The van der Waals surface area contributed by atoms with Crippen LogP contribution in [0.4, 0.5) is 0 Å². The van der Waals surface area contributed by atoms with E-state index in [1.165, 1.54) is 0 Å². The van der Waals surface area contributed by atoms with Crippen LogP contribution in [0.3, 0.4) is 0 Å². The van der Waals surface area contributed by atoms with E-state index in [0.717, 1.165) is 32.1 Å². The van der Waals surface area contributed by atoms with Gasteiger partial charge in [0.05, 0.1) is 5.92 Å². The molecule has 1 heterocycles. The zero-order valence-corrected chi connectivity index (χ0v) is 16.2. The number of amides is 2. The average Bonchev–Trinajstić information content (AvgIpc) is 2.87. The van der Waals surface area contributed by atoms with Gasteiger partial charge in [-0.05, 0) is 50.5 Å². The lowest BCUT2D eigenvalue weighted by molar-refractivity contribution is -0.138. The summed E-state index contributed by atoms with van der Waals surface area (Å²) in [6.07, 6.45) is 4.73. The zero-order chi connectivity index (χ0) is 18.7. The normalized spacial score (nSPS) is 27.1. The van der Waals surface area contributed by atoms with Gasteiger partial charge in [-0.3, -0.25) is 9.59 Å². The van der Waals surface area contributed by atoms with Crippen LogP contribution < -0.4 is 5.73 Å². The van der Waals surface area contributed by atoms with Crippen LogP contribution >= 0.6 is 11.6 Å². The quantitative estimate of drug-likeness (QED) is 0.861. The lowest BCUT2D eigenvalue weighted by atomic mass is 9.74. The van der Waals surface area contributed by atoms with Gasteiger partial charge in [0, 0.05) is 42.3 Å². The summed E-state index contributed by atoms with van der Waals surface area (Å²) >= 11 is 5.90. The molecule has 0 bridgehead atoms. The summed E-state index contributed by atoms with van der Waals surface area (Å²) in [5.41, 5.74) is 6.63. The summed E-state index contributed by atoms with van der Waals surface area (Å²) in [6, 6.07) is 6.96. The highest BCUT2D eigenvalue weighted by molar-refractivity contribution is 6.30. The molecule has 1 aliphatic carbocycles. The molecule has 1 aromatic carbocycles. The van der Waals surface area contributed by atoms with Crippen molar-refractivity contribution in [3.05, 3.63) is 34.9 Å². The van der Waals surface area contributed by atoms with Gasteiger partial charge in [0.25, 0.3) is 5.91 Å². The summed E-state index contributed by atoms with van der Waals surface area (Å²) in [6.45, 7) is 4.49. The lowest BCUT2D eigenvalue weighted by Crippen LogP contribution is -2.54. The standard InChI is InChI=1S/C20H28ClN3O2/c1-20(22)10-3-2-5-17(20)19(26)24-12-4-11-23(13-14-24)18(25)15-6-8-16(21)9-7-15/h6-9,17H,2-5,10-14,22H2,1H3. The predicted octanol–water partition coefficient (Wildman–Crippen LogP) is 2.92. The molecule has 0 aromatic heterocycles. The van der Waals surface area contributed by atoms with E-state index in [1.54, 1.807) is 24.3 Å². The van der Waals surface area contributed by atoms with Crippen LogP contribution in [-0.2, 0) is 4.79 Å². The molecule has 6 heteroatoms. The largest absolute Gasteiger partial charge is 0.341 e. The van der Waals surface area contributed by atoms with Crippen LogP contribution in [0.2, 0.25) is 5.02 Å². The van der Waals surface area contributed by atoms with Crippen LogP contribution in [-0.4, -0.2) is 53.3 Å². The molecule has 26 heavy (non-hydrogen) atoms. The second-order valence-electron chi connectivity index (χ2n) is 7.78. The summed E-state index contributed by atoms with van der Waals surface area (Å²) in [4.78, 5) is 29.5. The Labute approximate surface area is 160 Å². The van der Waals surface area contributed by atoms with E-state index in [0.29, 0.717) is 36.8 Å². The second kappa shape index (κ2) is 7.97. The van der Waals surface area contributed by atoms with Gasteiger partial charge < -0.3 is 15.5 Å². The highest BCUT2D eigenvalue weighted by atomic mass is 35.5. The molecule has 2 fully saturated rings. The molecule has 1 aromatic rings. The second-order valence-corrected chi connectivity index (χ2v) is 8.22. The van der Waals surface area contributed by atoms with Crippen molar-refractivity contribution in [2.45, 2.75) is 44.6 Å². The molecule has 2 amide bonds. The zero-order valence-electron chi connectivity index (χ0n) is 15.4. The number of nitrogens with zero attached hydrogens (tertiary/aromatic N) is 2. The summed E-state index contributed by atoms with van der Waals surface area (Å²) < 4.78 is 0. The van der Waals surface area contributed by atoms with E-state index in [1.807, 2.05) is 16.7 Å². The Bertz CT molecular complexity index is 660. The molecule has 5 nitrogen and oxygen atoms in total. The smallest absolute Gasteiger partial charge is 0.253 e. The maximum atomic E-state index is 13.0. The van der Waals surface area contributed by atoms with Crippen molar-refractivity contribution in [2.75, 3.05) is 26.2 Å². The van der Waals surface area contributed by atoms with E-state index >= 15 is 0 Å². The van der Waals surface area contributed by atoms with Crippen LogP contribution in [0.15, 0.2) is 24.3 Å². The SMILES string of the molecule is CC1(N)CCCCC1C(=O)N1CCCN(C(=O)c2ccc(Cl)cc2)CC1. The Balaban J connectivity index is 1.63. The first-order valence-corrected chi connectivity index (χ1v) is 9.89. The van der Waals surface area contributed by atoms with Gasteiger partial charge in [0.1, 0.15) is 0 Å². The van der Waals surface area contributed by atoms with Crippen LogP contribution in [0.1, 0.15) is 49.4 Å². The van der Waals surface area contributed by atoms with Gasteiger partial charge in [0.15, 0.2) is 0 Å². The van der Waals surface area contributed by atoms with Crippen molar-refractivity contribution >= 4 is 23.4 Å². The minimum absolute atomic E-state index is 0.00250. The third-order valence-corrected chi connectivity index (χ3v) is 5.99. The fourth-order valence-electron chi connectivity index (χ4n) is 4.10. The van der Waals surface area contributed by atoms with E-state index in [4.69, 9.17) is 17.3 Å². The Morgan fingerprint density at radius 3 is 2.38 bits per heavy atom. The van der Waals surface area contributed by atoms with Gasteiger partial charge in [0.2, 0.25) is 5.91 Å². The van der Waals surface area contributed by atoms with Crippen LogP contribution in [0.5, 0.6) is 0 Å². The van der Waals surface area contributed by atoms with Gasteiger partial charge in [-0.15, -0.1) is 0 Å². The number of hydrogen-bond donors (Lipinski definition) is 1. The van der Waals surface area contributed by atoms with Crippen molar-refractivity contribution in [3.63, 3.8) is 0 Å². The first kappa shape index (κ1) is 19.2. The summed E-state index contributed by atoms with van der Waals surface area (Å²) in [7, 11) is 0. The van der Waals surface area contributed by atoms with E-state index < -0.39 is 5.54 Å². The van der Waals surface area contributed by atoms with Gasteiger partial charge >= 0.3 is 0 Å². The maximum absolute atomic E-state index is 13.0. The molecule has 142 valence electrons. The first-order valence-electron chi connectivity index (χ1n) is 9.51. The molecular weight excluding hydrogens is 350 g/mol. The Hall–Kier alpha value is -1.59. The number of nitrogens with two attached hydrogens (primary N) is 1. The highest BCUT2D eigenvalue weighted by Crippen LogP contribution is 2.33.